The third kappa shape index (κ3) is 6.69. The van der Waals surface area contributed by atoms with Crippen molar-refractivity contribution >= 4 is 28.3 Å². The lowest BCUT2D eigenvalue weighted by molar-refractivity contribution is 1.33. The lowest BCUT2D eigenvalue weighted by atomic mass is 9.86. The zero-order chi connectivity index (χ0) is 34.4. The minimum atomic E-state index is 0.335. The van der Waals surface area contributed by atoms with Crippen LogP contribution in [0.3, 0.4) is 0 Å². The van der Waals surface area contributed by atoms with Gasteiger partial charge >= 0.3 is 0 Å². The van der Waals surface area contributed by atoms with Gasteiger partial charge in [-0.25, -0.2) is 0 Å². The standard InChI is InChI=1S/C46H33N5/c47-45-43(39-17-8-15-37(29-39)33-22-26-49-27-23-33)30-40(38-16-7-14-36(28-38)32-20-24-48-25-21-32)31-44(45)50-51-46-41(34-10-3-1-4-11-34)18-9-19-42(46)35-12-5-2-6-13-35/h1-31,47,51H/b47-45?,50-44-. The number of hydrogen-bond acceptors (Lipinski definition) is 5. The molecule has 5 nitrogen and oxygen atoms in total. The van der Waals surface area contributed by atoms with Crippen molar-refractivity contribution in [3.8, 4) is 44.5 Å². The Morgan fingerprint density at radius 2 is 0.902 bits per heavy atom. The summed E-state index contributed by atoms with van der Waals surface area (Å²) in [5.41, 5.74) is 17.4. The minimum absolute atomic E-state index is 0.335. The molecule has 2 heterocycles. The van der Waals surface area contributed by atoms with Crippen molar-refractivity contribution in [2.24, 2.45) is 5.10 Å². The monoisotopic (exact) mass is 655 g/mol. The van der Waals surface area contributed by atoms with Gasteiger partial charge < -0.3 is 0 Å². The van der Waals surface area contributed by atoms with E-state index in [1.54, 1.807) is 12.4 Å². The maximum atomic E-state index is 9.55. The Kier molecular flexibility index (Phi) is 8.74. The molecule has 0 saturated carbocycles. The van der Waals surface area contributed by atoms with Gasteiger partial charge in [0.05, 0.1) is 11.4 Å². The highest BCUT2D eigenvalue weighted by molar-refractivity contribution is 6.62. The number of nitrogens with one attached hydrogen (secondary N) is 2. The van der Waals surface area contributed by atoms with Gasteiger partial charge in [-0.3, -0.25) is 20.8 Å². The van der Waals surface area contributed by atoms with Gasteiger partial charge in [0.25, 0.3) is 0 Å². The third-order valence-electron chi connectivity index (χ3n) is 9.04. The highest BCUT2D eigenvalue weighted by Gasteiger charge is 2.22. The quantitative estimate of drug-likeness (QED) is 0.126. The number of pyridine rings is 2. The average molecular weight is 656 g/mol. The van der Waals surface area contributed by atoms with E-state index in [2.05, 4.69) is 106 Å². The van der Waals surface area contributed by atoms with E-state index < -0.39 is 0 Å². The second-order valence-electron chi connectivity index (χ2n) is 12.2. The van der Waals surface area contributed by atoms with E-state index in [0.29, 0.717) is 11.4 Å². The first kappa shape index (κ1) is 31.3. The van der Waals surface area contributed by atoms with Crippen LogP contribution in [0.1, 0.15) is 11.1 Å². The van der Waals surface area contributed by atoms with Gasteiger partial charge in [0.2, 0.25) is 0 Å². The molecule has 2 aromatic heterocycles. The Balaban J connectivity index is 1.26. The molecule has 0 bridgehead atoms. The van der Waals surface area contributed by atoms with Gasteiger partial charge in [-0.05, 0) is 98.6 Å². The topological polar surface area (TPSA) is 74.0 Å². The number of anilines is 1. The van der Waals surface area contributed by atoms with E-state index in [9.17, 15) is 5.41 Å². The number of para-hydroxylation sites is 1. The van der Waals surface area contributed by atoms with Crippen LogP contribution in [-0.2, 0) is 0 Å². The minimum Gasteiger partial charge on any atom is -0.298 e. The second-order valence-corrected chi connectivity index (χ2v) is 12.2. The predicted molar refractivity (Wildman–Crippen MR) is 211 cm³/mol. The lowest BCUT2D eigenvalue weighted by Gasteiger charge is -2.20. The van der Waals surface area contributed by atoms with Gasteiger partial charge in [-0.15, -0.1) is 0 Å². The molecule has 0 spiro atoms. The Bertz CT molecular complexity index is 2370. The number of nitrogens with zero attached hydrogens (tertiary/aromatic N) is 3. The van der Waals surface area contributed by atoms with Crippen LogP contribution >= 0.6 is 0 Å². The summed E-state index contributed by atoms with van der Waals surface area (Å²) in [7, 11) is 0. The van der Waals surface area contributed by atoms with E-state index in [1.165, 1.54) is 0 Å². The number of rotatable bonds is 8. The zero-order valence-corrected chi connectivity index (χ0v) is 27.7. The number of benzene rings is 5. The normalized spacial score (nSPS) is 13.4. The Labute approximate surface area is 297 Å². The fraction of sp³-hybridized carbons (Fsp3) is 0. The Morgan fingerprint density at radius 1 is 0.431 bits per heavy atom. The van der Waals surface area contributed by atoms with Crippen LogP contribution in [0.2, 0.25) is 0 Å². The largest absolute Gasteiger partial charge is 0.298 e. The average Bonchev–Trinajstić information content (AvgIpc) is 3.22. The molecule has 7 aromatic rings. The summed E-state index contributed by atoms with van der Waals surface area (Å²) >= 11 is 0. The molecule has 2 N–H and O–H groups in total. The van der Waals surface area contributed by atoms with Crippen molar-refractivity contribution < 1.29 is 0 Å². The molecular formula is C46H33N5. The van der Waals surface area contributed by atoms with Crippen LogP contribution in [0.15, 0.2) is 194 Å². The number of aromatic nitrogens is 2. The number of hydrogen-bond donors (Lipinski definition) is 2. The van der Waals surface area contributed by atoms with Crippen LogP contribution in [0, 0.1) is 5.41 Å². The van der Waals surface area contributed by atoms with Crippen molar-refractivity contribution in [2.75, 3.05) is 5.43 Å². The Hall–Kier alpha value is -6.98. The third-order valence-corrected chi connectivity index (χ3v) is 9.04. The lowest BCUT2D eigenvalue weighted by Crippen LogP contribution is -2.18. The van der Waals surface area contributed by atoms with Crippen molar-refractivity contribution in [3.05, 3.63) is 200 Å². The highest BCUT2D eigenvalue weighted by Crippen LogP contribution is 2.38. The molecule has 8 rings (SSSR count). The van der Waals surface area contributed by atoms with Gasteiger partial charge in [0.1, 0.15) is 5.71 Å². The number of hydrazone groups is 1. The van der Waals surface area contributed by atoms with E-state index in [0.717, 1.165) is 72.5 Å². The summed E-state index contributed by atoms with van der Waals surface area (Å²) in [5, 5.41) is 14.6. The molecule has 51 heavy (non-hydrogen) atoms. The SMILES string of the molecule is N=C1C(c2cccc(-c3ccncc3)c2)=CC(c2cccc(-c3ccncc3)c2)=C/C1=N/Nc1c(-c2ccccc2)cccc1-c1ccccc1. The van der Waals surface area contributed by atoms with Crippen molar-refractivity contribution in [2.45, 2.75) is 0 Å². The van der Waals surface area contributed by atoms with Crippen LogP contribution in [0.4, 0.5) is 5.69 Å². The van der Waals surface area contributed by atoms with Crippen LogP contribution in [0.25, 0.3) is 55.7 Å². The molecule has 0 aliphatic heterocycles. The molecule has 5 aromatic carbocycles. The van der Waals surface area contributed by atoms with Gasteiger partial charge in [-0.2, -0.15) is 5.10 Å². The molecule has 1 aliphatic carbocycles. The molecule has 0 unspecified atom stereocenters. The molecule has 0 amide bonds. The predicted octanol–water partition coefficient (Wildman–Crippen LogP) is 11.1. The van der Waals surface area contributed by atoms with Crippen LogP contribution in [0.5, 0.6) is 0 Å². The maximum Gasteiger partial charge on any atom is 0.109 e. The van der Waals surface area contributed by atoms with E-state index in [-0.39, 0.29) is 0 Å². The zero-order valence-electron chi connectivity index (χ0n) is 27.7. The van der Waals surface area contributed by atoms with Gasteiger partial charge in [0, 0.05) is 41.5 Å². The summed E-state index contributed by atoms with van der Waals surface area (Å²) < 4.78 is 0. The summed E-state index contributed by atoms with van der Waals surface area (Å²) in [6.07, 6.45) is 11.3. The summed E-state index contributed by atoms with van der Waals surface area (Å²) in [4.78, 5) is 8.39. The van der Waals surface area contributed by atoms with E-state index in [1.807, 2.05) is 85.2 Å². The molecule has 1 aliphatic rings. The second kappa shape index (κ2) is 14.2. The van der Waals surface area contributed by atoms with Gasteiger partial charge in [-0.1, -0.05) is 115 Å². The first-order valence-corrected chi connectivity index (χ1v) is 16.8. The van der Waals surface area contributed by atoms with Crippen molar-refractivity contribution in [3.63, 3.8) is 0 Å². The summed E-state index contributed by atoms with van der Waals surface area (Å²) in [5.74, 6) is 0. The Morgan fingerprint density at radius 3 is 1.47 bits per heavy atom. The molecule has 242 valence electrons. The van der Waals surface area contributed by atoms with Crippen LogP contribution < -0.4 is 5.43 Å². The number of allylic oxidation sites excluding steroid dienone is 4. The molecule has 5 heteroatoms. The highest BCUT2D eigenvalue weighted by atomic mass is 15.3. The first-order chi connectivity index (χ1) is 25.2. The fourth-order valence-corrected chi connectivity index (χ4v) is 6.45. The molecule has 0 saturated heterocycles. The smallest absolute Gasteiger partial charge is 0.109 e. The summed E-state index contributed by atoms with van der Waals surface area (Å²) in [6, 6.07) is 51.8. The van der Waals surface area contributed by atoms with Crippen molar-refractivity contribution in [1.82, 2.24) is 9.97 Å². The molecular weight excluding hydrogens is 623 g/mol. The van der Waals surface area contributed by atoms with Gasteiger partial charge in [0.15, 0.2) is 0 Å². The van der Waals surface area contributed by atoms with E-state index >= 15 is 0 Å². The molecule has 0 atom stereocenters. The maximum absolute atomic E-state index is 9.55. The van der Waals surface area contributed by atoms with Crippen molar-refractivity contribution in [1.29, 1.82) is 5.41 Å². The fourth-order valence-electron chi connectivity index (χ4n) is 6.45. The molecule has 0 radical (unpaired) electrons. The van der Waals surface area contributed by atoms with E-state index in [4.69, 9.17) is 5.10 Å². The first-order valence-electron chi connectivity index (χ1n) is 16.8. The molecule has 0 fully saturated rings. The summed E-state index contributed by atoms with van der Waals surface area (Å²) in [6.45, 7) is 0. The van der Waals surface area contributed by atoms with Crippen LogP contribution in [-0.4, -0.2) is 21.4 Å².